The summed E-state index contributed by atoms with van der Waals surface area (Å²) in [5.41, 5.74) is 0. The second kappa shape index (κ2) is 10.9. The lowest BCUT2D eigenvalue weighted by Crippen LogP contribution is -2.47. The van der Waals surface area contributed by atoms with E-state index in [1.807, 2.05) is 0 Å². The van der Waals surface area contributed by atoms with Crippen molar-refractivity contribution in [3.8, 4) is 0 Å². The first kappa shape index (κ1) is 16.8. The predicted octanol–water partition coefficient (Wildman–Crippen LogP) is -0.0599. The van der Waals surface area contributed by atoms with E-state index < -0.39 is 0 Å². The monoisotopic (exact) mass is 248 g/mol. The summed E-state index contributed by atoms with van der Waals surface area (Å²) in [6.45, 7) is 8.23. The largest absolute Gasteiger partial charge is 0.395 e. The number of rotatable bonds is 11. The number of nitrogens with one attached hydrogen (secondary N) is 1. The van der Waals surface area contributed by atoms with Gasteiger partial charge in [-0.25, -0.2) is 0 Å². The van der Waals surface area contributed by atoms with Gasteiger partial charge in [0.25, 0.3) is 0 Å². The highest BCUT2D eigenvalue weighted by Crippen LogP contribution is 1.95. The zero-order valence-corrected chi connectivity index (χ0v) is 11.6. The van der Waals surface area contributed by atoms with E-state index in [1.54, 1.807) is 14.2 Å². The first-order valence-electron chi connectivity index (χ1n) is 6.21. The SMILES string of the molecule is COCCN(CCOC)CC(CO)NC(C)C. The Morgan fingerprint density at radius 1 is 1.12 bits per heavy atom. The Bertz CT molecular complexity index is 160. The first-order valence-corrected chi connectivity index (χ1v) is 6.21. The van der Waals surface area contributed by atoms with Crippen molar-refractivity contribution >= 4 is 0 Å². The molecule has 5 nitrogen and oxygen atoms in total. The molecule has 0 amide bonds. The molecule has 1 atom stereocenters. The molecule has 0 saturated heterocycles. The van der Waals surface area contributed by atoms with E-state index in [1.165, 1.54) is 0 Å². The summed E-state index contributed by atoms with van der Waals surface area (Å²) >= 11 is 0. The van der Waals surface area contributed by atoms with E-state index in [9.17, 15) is 5.11 Å². The number of aliphatic hydroxyl groups excluding tert-OH is 1. The summed E-state index contributed by atoms with van der Waals surface area (Å²) in [4.78, 5) is 2.24. The van der Waals surface area contributed by atoms with Crippen molar-refractivity contribution in [3.05, 3.63) is 0 Å². The smallest absolute Gasteiger partial charge is 0.0597 e. The van der Waals surface area contributed by atoms with Gasteiger partial charge < -0.3 is 19.9 Å². The molecule has 0 aromatic heterocycles. The second-order valence-electron chi connectivity index (χ2n) is 4.49. The van der Waals surface area contributed by atoms with Crippen LogP contribution in [0.1, 0.15) is 13.8 Å². The molecule has 1 unspecified atom stereocenters. The van der Waals surface area contributed by atoms with Crippen LogP contribution in [0.5, 0.6) is 0 Å². The highest BCUT2D eigenvalue weighted by molar-refractivity contribution is 4.73. The van der Waals surface area contributed by atoms with Crippen LogP contribution in [0.2, 0.25) is 0 Å². The molecule has 0 aromatic carbocycles. The van der Waals surface area contributed by atoms with Gasteiger partial charge in [-0.05, 0) is 0 Å². The van der Waals surface area contributed by atoms with Crippen molar-refractivity contribution in [3.63, 3.8) is 0 Å². The Hall–Kier alpha value is -0.200. The van der Waals surface area contributed by atoms with E-state index in [2.05, 4.69) is 24.1 Å². The van der Waals surface area contributed by atoms with Gasteiger partial charge in [0.2, 0.25) is 0 Å². The van der Waals surface area contributed by atoms with Gasteiger partial charge in [0.05, 0.1) is 19.8 Å². The summed E-state index contributed by atoms with van der Waals surface area (Å²) < 4.78 is 10.2. The lowest BCUT2D eigenvalue weighted by Gasteiger charge is -2.28. The van der Waals surface area contributed by atoms with Crippen molar-refractivity contribution < 1.29 is 14.6 Å². The Morgan fingerprint density at radius 2 is 1.65 bits per heavy atom. The zero-order valence-electron chi connectivity index (χ0n) is 11.6. The van der Waals surface area contributed by atoms with E-state index >= 15 is 0 Å². The van der Waals surface area contributed by atoms with Crippen molar-refractivity contribution in [2.75, 3.05) is 53.7 Å². The van der Waals surface area contributed by atoms with Crippen LogP contribution in [-0.4, -0.2) is 75.8 Å². The molecular formula is C12H28N2O3. The average Bonchev–Trinajstić information content (AvgIpc) is 2.30. The van der Waals surface area contributed by atoms with Crippen molar-refractivity contribution in [1.82, 2.24) is 10.2 Å². The molecule has 0 bridgehead atoms. The number of methoxy groups -OCH3 is 2. The average molecular weight is 248 g/mol. The summed E-state index contributed by atoms with van der Waals surface area (Å²) in [5, 5.41) is 12.7. The van der Waals surface area contributed by atoms with Gasteiger partial charge in [0.15, 0.2) is 0 Å². The highest BCUT2D eigenvalue weighted by atomic mass is 16.5. The Kier molecular flexibility index (Phi) is 10.8. The lowest BCUT2D eigenvalue weighted by molar-refractivity contribution is 0.0977. The summed E-state index contributed by atoms with van der Waals surface area (Å²) in [7, 11) is 3.40. The topological polar surface area (TPSA) is 54.0 Å². The highest BCUT2D eigenvalue weighted by Gasteiger charge is 2.13. The molecule has 0 aliphatic heterocycles. The first-order chi connectivity index (χ1) is 8.13. The van der Waals surface area contributed by atoms with Crippen LogP contribution in [0.15, 0.2) is 0 Å². The normalized spacial score (nSPS) is 13.6. The minimum Gasteiger partial charge on any atom is -0.395 e. The van der Waals surface area contributed by atoms with Gasteiger partial charge in [-0.1, -0.05) is 13.8 Å². The van der Waals surface area contributed by atoms with Gasteiger partial charge >= 0.3 is 0 Å². The molecule has 0 fully saturated rings. The fourth-order valence-electron chi connectivity index (χ4n) is 1.68. The van der Waals surface area contributed by atoms with Crippen LogP contribution in [0.3, 0.4) is 0 Å². The quantitative estimate of drug-likeness (QED) is 0.536. The third kappa shape index (κ3) is 9.50. The zero-order chi connectivity index (χ0) is 13.1. The molecule has 0 aliphatic carbocycles. The maximum absolute atomic E-state index is 9.32. The molecule has 0 spiro atoms. The van der Waals surface area contributed by atoms with Gasteiger partial charge in [-0.3, -0.25) is 4.90 Å². The molecule has 0 heterocycles. The third-order valence-electron chi connectivity index (χ3n) is 2.49. The fourth-order valence-corrected chi connectivity index (χ4v) is 1.68. The molecule has 0 rings (SSSR count). The Morgan fingerprint density at radius 3 is 2.00 bits per heavy atom. The van der Waals surface area contributed by atoms with Crippen LogP contribution < -0.4 is 5.32 Å². The number of hydrogen-bond donors (Lipinski definition) is 2. The number of aliphatic hydroxyl groups is 1. The van der Waals surface area contributed by atoms with Crippen LogP contribution >= 0.6 is 0 Å². The molecular weight excluding hydrogens is 220 g/mol. The van der Waals surface area contributed by atoms with Crippen molar-refractivity contribution in [2.24, 2.45) is 0 Å². The van der Waals surface area contributed by atoms with E-state index in [-0.39, 0.29) is 12.6 Å². The fraction of sp³-hybridized carbons (Fsp3) is 1.00. The maximum Gasteiger partial charge on any atom is 0.0597 e. The van der Waals surface area contributed by atoms with E-state index in [0.717, 1.165) is 19.6 Å². The van der Waals surface area contributed by atoms with Gasteiger partial charge in [-0.15, -0.1) is 0 Å². The molecule has 0 aliphatic rings. The molecule has 5 heteroatoms. The van der Waals surface area contributed by atoms with Crippen LogP contribution in [0.25, 0.3) is 0 Å². The van der Waals surface area contributed by atoms with Gasteiger partial charge in [0, 0.05) is 45.9 Å². The standard InChI is InChI=1S/C12H28N2O3/c1-11(2)13-12(10-15)9-14(5-7-16-3)6-8-17-4/h11-13,15H,5-10H2,1-4H3. The molecule has 0 saturated carbocycles. The summed E-state index contributed by atoms with van der Waals surface area (Å²) in [6, 6.07) is 0.475. The third-order valence-corrected chi connectivity index (χ3v) is 2.49. The minimum atomic E-state index is 0.101. The predicted molar refractivity (Wildman–Crippen MR) is 69.3 cm³/mol. The Balaban J connectivity index is 4.06. The van der Waals surface area contributed by atoms with Gasteiger partial charge in [0.1, 0.15) is 0 Å². The van der Waals surface area contributed by atoms with E-state index in [4.69, 9.17) is 9.47 Å². The molecule has 2 N–H and O–H groups in total. The summed E-state index contributed by atoms with van der Waals surface area (Å²) in [5.74, 6) is 0. The van der Waals surface area contributed by atoms with Crippen molar-refractivity contribution in [2.45, 2.75) is 25.9 Å². The number of nitrogens with zero attached hydrogens (tertiary/aromatic N) is 1. The van der Waals surface area contributed by atoms with Crippen LogP contribution in [0, 0.1) is 0 Å². The molecule has 0 radical (unpaired) electrons. The van der Waals surface area contributed by atoms with Crippen LogP contribution in [-0.2, 0) is 9.47 Å². The number of hydrogen-bond acceptors (Lipinski definition) is 5. The van der Waals surface area contributed by atoms with Crippen molar-refractivity contribution in [1.29, 1.82) is 0 Å². The van der Waals surface area contributed by atoms with Crippen LogP contribution in [0.4, 0.5) is 0 Å². The summed E-state index contributed by atoms with van der Waals surface area (Å²) in [6.07, 6.45) is 0. The van der Waals surface area contributed by atoms with E-state index in [0.29, 0.717) is 19.3 Å². The minimum absolute atomic E-state index is 0.101. The molecule has 0 aromatic rings. The van der Waals surface area contributed by atoms with Gasteiger partial charge in [-0.2, -0.15) is 0 Å². The molecule has 17 heavy (non-hydrogen) atoms. The number of ether oxygens (including phenoxy) is 2. The molecule has 104 valence electrons. The lowest BCUT2D eigenvalue weighted by atomic mass is 10.2. The Labute approximate surface area is 105 Å². The second-order valence-corrected chi connectivity index (χ2v) is 4.49. The maximum atomic E-state index is 9.32.